The van der Waals surface area contributed by atoms with Crippen molar-refractivity contribution in [3.63, 3.8) is 0 Å². The molecule has 0 amide bonds. The predicted octanol–water partition coefficient (Wildman–Crippen LogP) is 16.7. The van der Waals surface area contributed by atoms with Gasteiger partial charge in [-0.15, -0.1) is 11.3 Å². The summed E-state index contributed by atoms with van der Waals surface area (Å²) in [6.45, 7) is 2.51. The molecule has 2 aromatic heterocycles. The number of hydrogen-bond acceptors (Lipinski definition) is 2. The fraction of sp³-hybridized carbons (Fsp3) is 0.186. The number of rotatable bonds is 7. The van der Waals surface area contributed by atoms with Gasteiger partial charge in [0.05, 0.1) is 11.0 Å². The lowest BCUT2D eigenvalue weighted by Crippen LogP contribution is -2.34. The molecule has 0 radical (unpaired) electrons. The molecular weight excluding hydrogens is 769 g/mol. The second kappa shape index (κ2) is 14.1. The Bertz CT molecular complexity index is 3260. The molecule has 13 rings (SSSR count). The fourth-order valence-corrected chi connectivity index (χ4v) is 13.7. The summed E-state index contributed by atoms with van der Waals surface area (Å²) in [5.41, 5.74) is 13.9. The fourth-order valence-electron chi connectivity index (χ4n) is 12.5. The quantitative estimate of drug-likeness (QED) is 0.156. The summed E-state index contributed by atoms with van der Waals surface area (Å²) in [6.07, 6.45) is 7.02. The van der Waals surface area contributed by atoms with Crippen molar-refractivity contribution < 1.29 is 0 Å². The Morgan fingerprint density at radius 1 is 0.468 bits per heavy atom. The van der Waals surface area contributed by atoms with E-state index < -0.39 is 0 Å². The predicted molar refractivity (Wildman–Crippen MR) is 264 cm³/mol. The molecule has 3 aliphatic carbocycles. The van der Waals surface area contributed by atoms with Crippen LogP contribution in [0.3, 0.4) is 0 Å². The maximum atomic E-state index is 2.51. The van der Waals surface area contributed by atoms with Gasteiger partial charge in [-0.25, -0.2) is 0 Å². The van der Waals surface area contributed by atoms with E-state index in [4.69, 9.17) is 0 Å². The summed E-state index contributed by atoms with van der Waals surface area (Å²) < 4.78 is 5.09. The van der Waals surface area contributed by atoms with Crippen LogP contribution in [0.2, 0.25) is 0 Å². The molecule has 0 N–H and O–H groups in total. The topological polar surface area (TPSA) is 8.17 Å². The first-order valence-electron chi connectivity index (χ1n) is 22.7. The summed E-state index contributed by atoms with van der Waals surface area (Å²) >= 11 is 1.88. The van der Waals surface area contributed by atoms with Gasteiger partial charge in [-0.3, -0.25) is 0 Å². The highest BCUT2D eigenvalue weighted by Gasteiger charge is 2.57. The van der Waals surface area contributed by atoms with Crippen LogP contribution in [0.5, 0.6) is 0 Å². The van der Waals surface area contributed by atoms with E-state index in [-0.39, 0.29) is 0 Å². The summed E-state index contributed by atoms with van der Waals surface area (Å²) in [4.78, 5) is 2.45. The number of fused-ring (bicyclic) bond motifs is 7. The Balaban J connectivity index is 0.865. The van der Waals surface area contributed by atoms with E-state index in [0.717, 1.165) is 35.0 Å². The number of anilines is 3. The van der Waals surface area contributed by atoms with Gasteiger partial charge >= 0.3 is 0 Å². The zero-order chi connectivity index (χ0) is 40.9. The van der Waals surface area contributed by atoms with Gasteiger partial charge in [0.15, 0.2) is 0 Å². The number of nitrogens with zero attached hydrogens (tertiary/aromatic N) is 2. The van der Waals surface area contributed by atoms with Crippen molar-refractivity contribution in [1.29, 1.82) is 0 Å². The standard InChI is InChI=1S/C59H48N2S/c1-38-31-43-32-44-36-59(35-38,37-54(43)44)45-22-28-48(29-23-45)60(47-26-19-40(20-27-47)42-21-30-53-52-13-4-7-16-57(52)62-58(53)34-42)46-24-17-39(18-25-46)41-9-8-10-49(33-41)61-55-14-5-2-11-50(55)51-12-3-6-15-56(51)61/h2-30,33-34,38,43-44,54H,31-32,35-37H2,1H3/t38-,43?,44?,54+,59?/m0/s1. The van der Waals surface area contributed by atoms with Crippen molar-refractivity contribution in [3.8, 4) is 27.9 Å². The Labute approximate surface area is 367 Å². The highest BCUT2D eigenvalue weighted by Crippen LogP contribution is 2.65. The SMILES string of the molecule is C[C@H]1CC2CC3CC(c4ccc(N(c5ccc(-c6cccc(-n7c8ccccc8c8ccccc87)c6)cc5)c5ccc(-c6ccc7c(c6)sc6ccccc67)cc5)cc4)(C1)C[C@H]23. The van der Waals surface area contributed by atoms with Gasteiger partial charge in [-0.1, -0.05) is 122 Å². The molecule has 2 nitrogen and oxygen atoms in total. The van der Waals surface area contributed by atoms with Gasteiger partial charge in [0.2, 0.25) is 0 Å². The molecule has 0 spiro atoms. The van der Waals surface area contributed by atoms with Gasteiger partial charge in [0.1, 0.15) is 0 Å². The van der Waals surface area contributed by atoms with Crippen LogP contribution in [0.4, 0.5) is 17.1 Å². The summed E-state index contributed by atoms with van der Waals surface area (Å²) in [5.74, 6) is 3.68. The Morgan fingerprint density at radius 3 is 1.74 bits per heavy atom. The second-order valence-electron chi connectivity index (χ2n) is 18.9. The Morgan fingerprint density at radius 2 is 1.05 bits per heavy atom. The molecule has 8 aromatic carbocycles. The van der Waals surface area contributed by atoms with E-state index in [0.29, 0.717) is 5.41 Å². The summed E-state index contributed by atoms with van der Waals surface area (Å²) in [5, 5.41) is 5.24. The number of hydrogen-bond donors (Lipinski definition) is 0. The van der Waals surface area contributed by atoms with Gasteiger partial charge in [0, 0.05) is 53.7 Å². The molecule has 3 fully saturated rings. The van der Waals surface area contributed by atoms with Gasteiger partial charge in [0.25, 0.3) is 0 Å². The molecule has 3 heteroatoms. The van der Waals surface area contributed by atoms with Crippen LogP contribution in [0.15, 0.2) is 188 Å². The van der Waals surface area contributed by atoms with Crippen molar-refractivity contribution in [1.82, 2.24) is 4.57 Å². The van der Waals surface area contributed by atoms with Crippen molar-refractivity contribution in [2.45, 2.75) is 44.4 Å². The van der Waals surface area contributed by atoms with Crippen LogP contribution in [0.25, 0.3) is 69.9 Å². The van der Waals surface area contributed by atoms with Crippen LogP contribution < -0.4 is 4.90 Å². The molecule has 2 bridgehead atoms. The van der Waals surface area contributed by atoms with E-state index >= 15 is 0 Å². The minimum Gasteiger partial charge on any atom is -0.311 e. The zero-order valence-corrected chi connectivity index (χ0v) is 35.9. The maximum absolute atomic E-state index is 2.51. The number of benzene rings is 8. The lowest BCUT2D eigenvalue weighted by atomic mass is 9.63. The largest absolute Gasteiger partial charge is 0.311 e. The average molecular weight is 817 g/mol. The zero-order valence-electron chi connectivity index (χ0n) is 35.0. The van der Waals surface area contributed by atoms with E-state index in [1.54, 1.807) is 5.56 Å². The molecule has 3 unspecified atom stereocenters. The minimum absolute atomic E-state index is 0.343. The number of para-hydroxylation sites is 2. The van der Waals surface area contributed by atoms with Crippen molar-refractivity contribution in [3.05, 3.63) is 194 Å². The van der Waals surface area contributed by atoms with Crippen molar-refractivity contribution >= 4 is 70.4 Å². The Hall–Kier alpha value is -6.42. The lowest BCUT2D eigenvalue weighted by Gasteiger charge is -2.42. The molecular formula is C59H48N2S. The highest BCUT2D eigenvalue weighted by molar-refractivity contribution is 7.25. The lowest BCUT2D eigenvalue weighted by molar-refractivity contribution is 0.0780. The van der Waals surface area contributed by atoms with Gasteiger partial charge in [-0.2, -0.15) is 0 Å². The van der Waals surface area contributed by atoms with Crippen LogP contribution >= 0.6 is 11.3 Å². The summed E-state index contributed by atoms with van der Waals surface area (Å²) in [6, 6.07) is 70.4. The van der Waals surface area contributed by atoms with Crippen LogP contribution in [0, 0.1) is 23.7 Å². The van der Waals surface area contributed by atoms with E-state index in [9.17, 15) is 0 Å². The number of thiophene rings is 1. The van der Waals surface area contributed by atoms with Gasteiger partial charge < -0.3 is 9.47 Å². The first kappa shape index (κ1) is 36.3. The second-order valence-corrected chi connectivity index (χ2v) is 19.9. The molecule has 0 aliphatic heterocycles. The van der Waals surface area contributed by atoms with E-state index in [2.05, 4.69) is 204 Å². The van der Waals surface area contributed by atoms with Crippen LogP contribution in [-0.4, -0.2) is 4.57 Å². The molecule has 3 aliphatic rings. The monoisotopic (exact) mass is 816 g/mol. The minimum atomic E-state index is 0.343. The van der Waals surface area contributed by atoms with Crippen LogP contribution in [0.1, 0.15) is 44.6 Å². The normalized spacial score (nSPS) is 21.7. The maximum Gasteiger partial charge on any atom is 0.0541 e. The molecule has 2 heterocycles. The average Bonchev–Trinajstić information content (AvgIpc) is 3.93. The first-order valence-corrected chi connectivity index (χ1v) is 23.5. The van der Waals surface area contributed by atoms with Crippen LogP contribution in [-0.2, 0) is 5.41 Å². The molecule has 62 heavy (non-hydrogen) atoms. The summed E-state index contributed by atoms with van der Waals surface area (Å²) in [7, 11) is 0. The molecule has 5 atom stereocenters. The van der Waals surface area contributed by atoms with E-state index in [1.165, 1.54) is 108 Å². The highest BCUT2D eigenvalue weighted by atomic mass is 32.1. The van der Waals surface area contributed by atoms with E-state index in [1.807, 2.05) is 11.3 Å². The third kappa shape index (κ3) is 5.74. The molecule has 300 valence electrons. The van der Waals surface area contributed by atoms with Crippen molar-refractivity contribution in [2.24, 2.45) is 23.7 Å². The molecule has 0 saturated heterocycles. The number of aromatic nitrogens is 1. The molecule has 3 saturated carbocycles. The van der Waals surface area contributed by atoms with Crippen molar-refractivity contribution in [2.75, 3.05) is 4.90 Å². The Kier molecular flexibility index (Phi) is 8.22. The third-order valence-electron chi connectivity index (χ3n) is 15.3. The first-order chi connectivity index (χ1) is 30.5. The van der Waals surface area contributed by atoms with Gasteiger partial charge in [-0.05, 0) is 162 Å². The smallest absolute Gasteiger partial charge is 0.0541 e. The molecule has 10 aromatic rings. The third-order valence-corrected chi connectivity index (χ3v) is 16.4.